The smallest absolute Gasteiger partial charge is 0.329 e. The van der Waals surface area contributed by atoms with Crippen molar-refractivity contribution in [3.8, 4) is 0 Å². The topological polar surface area (TPSA) is 3.24 Å². The van der Waals surface area contributed by atoms with Crippen molar-refractivity contribution in [2.45, 2.75) is 13.8 Å². The minimum Gasteiger partial charge on any atom is -0.329 e. The molecule has 0 rings (SSSR count). The van der Waals surface area contributed by atoms with Gasteiger partial charge in [0.25, 0.3) is 0 Å². The molecule has 0 heterocycles. The Hall–Kier alpha value is 0.725. The molecule has 0 N–H and O–H groups in total. The average Bonchev–Trinajstić information content (AvgIpc) is 1.87. The van der Waals surface area contributed by atoms with Crippen molar-refractivity contribution in [1.29, 1.82) is 0 Å². The molecule has 0 saturated heterocycles. The van der Waals surface area contributed by atoms with Crippen LogP contribution in [-0.4, -0.2) is 35.8 Å². The Kier molecular flexibility index (Phi) is 6.90. The van der Waals surface area contributed by atoms with Crippen molar-refractivity contribution in [3.63, 3.8) is 0 Å². The number of rotatable bonds is 5. The maximum Gasteiger partial charge on any atom is 0.360 e. The highest BCUT2D eigenvalue weighted by Crippen LogP contribution is 2.19. The van der Waals surface area contributed by atoms with E-state index in [1.54, 1.807) is 0 Å². The lowest BCUT2D eigenvalue weighted by atomic mass is 10.3. The molecule has 10 heavy (non-hydrogen) atoms. The van der Waals surface area contributed by atoms with Crippen molar-refractivity contribution < 1.29 is 0 Å². The van der Waals surface area contributed by atoms with Crippen LogP contribution in [-0.2, 0) is 0 Å². The summed E-state index contributed by atoms with van der Waals surface area (Å²) in [6, 6.07) is 0. The minimum absolute atomic E-state index is 0.648. The third-order valence-corrected chi connectivity index (χ3v) is 3.94. The minimum atomic E-state index is 0.648. The second-order valence-electron chi connectivity index (χ2n) is 2.18. The highest BCUT2D eigenvalue weighted by Gasteiger charge is 2.15. The van der Waals surface area contributed by atoms with Crippen LogP contribution in [0.2, 0.25) is 0 Å². The molecule has 0 amide bonds. The van der Waals surface area contributed by atoms with Crippen LogP contribution in [0.5, 0.6) is 0 Å². The fourth-order valence-electron chi connectivity index (χ4n) is 0.631. The van der Waals surface area contributed by atoms with Crippen molar-refractivity contribution in [3.05, 3.63) is 0 Å². The van der Waals surface area contributed by atoms with Gasteiger partial charge in [0.05, 0.1) is 0 Å². The first-order valence-electron chi connectivity index (χ1n) is 3.62. The monoisotopic (exact) mass is 177 g/mol. The summed E-state index contributed by atoms with van der Waals surface area (Å²) in [7, 11) is 4.27. The third-order valence-electron chi connectivity index (χ3n) is 1.04. The van der Waals surface area contributed by atoms with Crippen LogP contribution in [0.4, 0.5) is 0 Å². The van der Waals surface area contributed by atoms with Gasteiger partial charge in [-0.2, -0.15) is 23.2 Å². The third kappa shape index (κ3) is 4.53. The van der Waals surface area contributed by atoms with Gasteiger partial charge in [-0.3, -0.25) is 0 Å². The molecule has 0 aromatic heterocycles. The maximum absolute atomic E-state index is 2.27. The molecule has 0 bridgehead atoms. The summed E-state index contributed by atoms with van der Waals surface area (Å²) in [4.78, 5) is 2.27. The van der Waals surface area contributed by atoms with Gasteiger partial charge in [-0.1, -0.05) is 13.8 Å². The highest BCUT2D eigenvalue weighted by molar-refractivity contribution is 8.53. The van der Waals surface area contributed by atoms with Crippen molar-refractivity contribution >= 4 is 28.6 Å². The lowest BCUT2D eigenvalue weighted by Gasteiger charge is -2.17. The molecule has 0 spiro atoms. The van der Waals surface area contributed by atoms with Crippen LogP contribution in [0, 0.1) is 0 Å². The van der Waals surface area contributed by atoms with E-state index in [0.717, 1.165) is 0 Å². The van der Waals surface area contributed by atoms with Crippen LogP contribution in [0.1, 0.15) is 13.8 Å². The quantitative estimate of drug-likeness (QED) is 0.591. The van der Waals surface area contributed by atoms with E-state index in [1.165, 1.54) is 11.5 Å². The molecule has 0 aliphatic heterocycles. The molecule has 1 nitrogen and oxygen atoms in total. The molecule has 0 aromatic rings. The molecule has 0 radical (unpaired) electrons. The van der Waals surface area contributed by atoms with Gasteiger partial charge in [0.2, 0.25) is 0 Å². The lowest BCUT2D eigenvalue weighted by molar-refractivity contribution is 0.670. The molecule has 0 atom stereocenters. The Balaban J connectivity index is 3.50. The summed E-state index contributed by atoms with van der Waals surface area (Å²) < 4.78 is 0. The summed E-state index contributed by atoms with van der Waals surface area (Å²) in [6.45, 7) is 4.41. The zero-order chi connectivity index (χ0) is 7.98. The van der Waals surface area contributed by atoms with Crippen LogP contribution in [0.15, 0.2) is 0 Å². The number of hydrogen-bond donors (Lipinski definition) is 0. The summed E-state index contributed by atoms with van der Waals surface area (Å²) in [6.07, 6.45) is 0. The van der Waals surface area contributed by atoms with Gasteiger partial charge in [0, 0.05) is 0 Å². The highest BCUT2D eigenvalue weighted by atomic mass is 32.2. The fraction of sp³-hybridized carbons (Fsp3) is 1.00. The van der Waals surface area contributed by atoms with E-state index in [4.69, 9.17) is 0 Å². The molecule has 0 saturated carbocycles. The zero-order valence-corrected chi connectivity index (χ0v) is 8.89. The first kappa shape index (κ1) is 10.7. The molecular formula is C6H16BNS2. The van der Waals surface area contributed by atoms with Gasteiger partial charge >= 0.3 is 5.40 Å². The van der Waals surface area contributed by atoms with E-state index in [2.05, 4.69) is 32.8 Å². The predicted molar refractivity (Wildman–Crippen MR) is 55.7 cm³/mol. The Morgan fingerprint density at radius 3 is 1.70 bits per heavy atom. The van der Waals surface area contributed by atoms with E-state index in [0.29, 0.717) is 5.40 Å². The fourth-order valence-corrected chi connectivity index (χ4v) is 3.00. The van der Waals surface area contributed by atoms with Crippen LogP contribution < -0.4 is 0 Å². The second kappa shape index (κ2) is 6.44. The maximum atomic E-state index is 2.27. The van der Waals surface area contributed by atoms with E-state index in [9.17, 15) is 0 Å². The lowest BCUT2D eigenvalue weighted by Crippen LogP contribution is -2.27. The Morgan fingerprint density at radius 1 is 1.10 bits per heavy atom. The van der Waals surface area contributed by atoms with E-state index >= 15 is 0 Å². The van der Waals surface area contributed by atoms with Gasteiger partial charge in [0.15, 0.2) is 0 Å². The number of hydrogen-bond acceptors (Lipinski definition) is 3. The largest absolute Gasteiger partial charge is 0.360 e. The molecule has 0 aliphatic rings. The molecule has 0 fully saturated rings. The van der Waals surface area contributed by atoms with Gasteiger partial charge in [-0.05, 0) is 25.6 Å². The zero-order valence-electron chi connectivity index (χ0n) is 7.26. The van der Waals surface area contributed by atoms with Crippen molar-refractivity contribution in [1.82, 2.24) is 4.81 Å². The van der Waals surface area contributed by atoms with Crippen LogP contribution in [0.25, 0.3) is 0 Å². The number of nitrogens with zero attached hydrogens (tertiary/aromatic N) is 1. The van der Waals surface area contributed by atoms with Gasteiger partial charge in [-0.15, -0.1) is 0 Å². The van der Waals surface area contributed by atoms with Crippen molar-refractivity contribution in [2.24, 2.45) is 0 Å². The van der Waals surface area contributed by atoms with E-state index in [1.807, 2.05) is 23.2 Å². The Bertz CT molecular complexity index is 74.1. The summed E-state index contributed by atoms with van der Waals surface area (Å²) >= 11 is 4.00. The molecule has 0 aliphatic carbocycles. The van der Waals surface area contributed by atoms with Crippen molar-refractivity contribution in [2.75, 3.05) is 25.6 Å². The average molecular weight is 177 g/mol. The summed E-state index contributed by atoms with van der Waals surface area (Å²) in [5.74, 6) is 2.41. The molecular weight excluding hydrogens is 161 g/mol. The van der Waals surface area contributed by atoms with E-state index in [-0.39, 0.29) is 0 Å². The molecule has 4 heteroatoms. The summed E-state index contributed by atoms with van der Waals surface area (Å²) in [5.41, 5.74) is 0. The summed E-state index contributed by atoms with van der Waals surface area (Å²) in [5, 5.41) is 0.648. The Labute approximate surface area is 73.2 Å². The predicted octanol–water partition coefficient (Wildman–Crippen LogP) is 2.04. The SMILES string of the molecule is CCSB(SCC)N(C)C. The second-order valence-corrected chi connectivity index (χ2v) is 5.19. The normalized spacial score (nSPS) is 10.5. The Morgan fingerprint density at radius 2 is 1.50 bits per heavy atom. The molecule has 0 unspecified atom stereocenters. The molecule has 0 aromatic carbocycles. The van der Waals surface area contributed by atoms with Crippen LogP contribution in [0.3, 0.4) is 0 Å². The van der Waals surface area contributed by atoms with Gasteiger partial charge in [-0.25, -0.2) is 0 Å². The first-order chi connectivity index (χ1) is 4.72. The van der Waals surface area contributed by atoms with E-state index < -0.39 is 0 Å². The molecule has 60 valence electrons. The van der Waals surface area contributed by atoms with Crippen LogP contribution >= 0.6 is 23.2 Å². The van der Waals surface area contributed by atoms with Gasteiger partial charge < -0.3 is 4.81 Å². The first-order valence-corrected chi connectivity index (χ1v) is 5.71. The van der Waals surface area contributed by atoms with Gasteiger partial charge in [0.1, 0.15) is 0 Å². The standard InChI is InChI=1S/C6H16BNS2/c1-5-9-7(8(3)4)10-6-2/h5-6H2,1-4H3.